The van der Waals surface area contributed by atoms with E-state index in [1.807, 2.05) is 45.0 Å². The lowest BCUT2D eigenvalue weighted by molar-refractivity contribution is -0.157. The summed E-state index contributed by atoms with van der Waals surface area (Å²) >= 11 is 7.96. The quantitative estimate of drug-likeness (QED) is 0.0840. The van der Waals surface area contributed by atoms with Crippen molar-refractivity contribution in [2.24, 2.45) is 17.3 Å². The Morgan fingerprint density at radius 1 is 1.10 bits per heavy atom. The Labute approximate surface area is 364 Å². The summed E-state index contributed by atoms with van der Waals surface area (Å²) in [5.74, 6) is -3.71. The van der Waals surface area contributed by atoms with Crippen LogP contribution in [0.5, 0.6) is 5.75 Å². The van der Waals surface area contributed by atoms with Crippen LogP contribution in [0.4, 0.5) is 4.79 Å². The first kappa shape index (κ1) is 46.9. The number of aliphatic hydroxyl groups is 1. The van der Waals surface area contributed by atoms with E-state index in [2.05, 4.69) is 11.6 Å². The minimum Gasteiger partial charge on any atom is -0.457 e. The fourth-order valence-corrected chi connectivity index (χ4v) is 8.48. The number of aryl methyl sites for hydroxylation is 1. The number of fused-ring (bicyclic) bond motifs is 1. The van der Waals surface area contributed by atoms with Crippen LogP contribution >= 0.6 is 22.9 Å². The van der Waals surface area contributed by atoms with E-state index in [0.717, 1.165) is 44.1 Å². The van der Waals surface area contributed by atoms with Gasteiger partial charge in [0.2, 0.25) is 0 Å². The predicted molar refractivity (Wildman–Crippen MR) is 230 cm³/mol. The molecule has 2 amide bonds. The standard InChI is InChI=1S/C46H53ClN2O11S/c1-7-10-32-43(54)28(3)12-8-11-27(2)14-17-35(31-16-19-37-34(24-31)48-29(4)61-37)58-42(53)25-38(46(5,6)44(32)55)60-45(56)57-26-30-15-18-36(33(47)23-30)59-41(52)13-9-22-49-39(50)20-21-40(49)51/h7,14-16,18-21,23-24,28,32,35,38,43,54H,1,8-13,17,22,25-26H2,2-6H3/t28-,32+,35-,38-,43-/m0/s1. The maximum Gasteiger partial charge on any atom is 0.508 e. The van der Waals surface area contributed by atoms with Crippen LogP contribution in [-0.2, 0) is 44.8 Å². The number of cyclic esters (lactones) is 1. The predicted octanol–water partition coefficient (Wildman–Crippen LogP) is 8.87. The van der Waals surface area contributed by atoms with Gasteiger partial charge in [-0.05, 0) is 101 Å². The van der Waals surface area contributed by atoms with Crippen LogP contribution in [0.1, 0.15) is 101 Å². The van der Waals surface area contributed by atoms with Crippen molar-refractivity contribution in [2.75, 3.05) is 6.54 Å². The van der Waals surface area contributed by atoms with Gasteiger partial charge in [-0.2, -0.15) is 0 Å². The SMILES string of the molecule is C=CC[C@H]1C(=O)C(C)(C)[C@@H](OC(=O)OCc2ccc(OC(=O)CCCN3C(=O)C=CC3=O)c(Cl)c2)CC(=O)O[C@H](c2ccc3sc(C)nc3c2)CC=C(C)CCC[C@H](C)[C@@H]1O. The molecule has 5 rings (SSSR count). The number of ether oxygens (including phenoxy) is 4. The monoisotopic (exact) mass is 876 g/mol. The Morgan fingerprint density at radius 3 is 2.54 bits per heavy atom. The maximum atomic E-state index is 14.4. The average molecular weight is 877 g/mol. The molecule has 15 heteroatoms. The fourth-order valence-electron chi connectivity index (χ4n) is 7.43. The molecule has 3 aromatic rings. The molecule has 2 aliphatic rings. The molecule has 2 aromatic carbocycles. The number of imide groups is 1. The number of benzene rings is 2. The second-order valence-electron chi connectivity index (χ2n) is 16.2. The first-order chi connectivity index (χ1) is 29.0. The van der Waals surface area contributed by atoms with Gasteiger partial charge in [0.1, 0.15) is 30.3 Å². The summed E-state index contributed by atoms with van der Waals surface area (Å²) in [4.78, 5) is 83.4. The molecule has 3 heterocycles. The summed E-state index contributed by atoms with van der Waals surface area (Å²) in [7, 11) is 0. The number of nitrogens with zero attached hydrogens (tertiary/aromatic N) is 2. The molecule has 13 nitrogen and oxygen atoms in total. The summed E-state index contributed by atoms with van der Waals surface area (Å²) < 4.78 is 23.8. The van der Waals surface area contributed by atoms with Gasteiger partial charge in [-0.15, -0.1) is 17.9 Å². The first-order valence-electron chi connectivity index (χ1n) is 20.4. The molecule has 2 aliphatic heterocycles. The number of thiazole rings is 1. The van der Waals surface area contributed by atoms with Crippen LogP contribution in [-0.4, -0.2) is 69.4 Å². The molecule has 0 spiro atoms. The van der Waals surface area contributed by atoms with Crippen LogP contribution in [0.2, 0.25) is 5.02 Å². The second-order valence-corrected chi connectivity index (χ2v) is 17.8. The Morgan fingerprint density at radius 2 is 1.84 bits per heavy atom. The molecule has 0 bridgehead atoms. The van der Waals surface area contributed by atoms with Gasteiger partial charge in [0, 0.05) is 37.5 Å². The lowest BCUT2D eigenvalue weighted by atomic mass is 9.71. The van der Waals surface area contributed by atoms with E-state index >= 15 is 0 Å². The van der Waals surface area contributed by atoms with Gasteiger partial charge in [-0.1, -0.05) is 48.4 Å². The van der Waals surface area contributed by atoms with Gasteiger partial charge in [0.25, 0.3) is 11.8 Å². The summed E-state index contributed by atoms with van der Waals surface area (Å²) in [5.41, 5.74) is 1.55. The highest BCUT2D eigenvalue weighted by molar-refractivity contribution is 7.18. The van der Waals surface area contributed by atoms with Crippen molar-refractivity contribution in [3.63, 3.8) is 0 Å². The van der Waals surface area contributed by atoms with E-state index in [9.17, 15) is 33.9 Å². The van der Waals surface area contributed by atoms with E-state index in [1.165, 1.54) is 30.4 Å². The van der Waals surface area contributed by atoms with Crippen LogP contribution in [0.3, 0.4) is 0 Å². The van der Waals surface area contributed by atoms with Crippen molar-refractivity contribution < 1.29 is 52.8 Å². The van der Waals surface area contributed by atoms with Crippen LogP contribution in [0, 0.1) is 24.2 Å². The number of rotatable bonds is 11. The number of Topliss-reactive ketones (excluding diaryl/α,β-unsaturated/α-hetero) is 1. The molecule has 61 heavy (non-hydrogen) atoms. The van der Waals surface area contributed by atoms with Gasteiger partial charge < -0.3 is 24.1 Å². The lowest BCUT2D eigenvalue weighted by Crippen LogP contribution is -2.48. The molecule has 0 radical (unpaired) electrons. The number of allylic oxidation sites excluding steroid dienone is 2. The number of aliphatic hydroxyl groups excluding tert-OH is 1. The normalized spacial score (nSPS) is 22.8. The molecule has 0 fully saturated rings. The highest BCUT2D eigenvalue weighted by atomic mass is 35.5. The number of hydrogen-bond donors (Lipinski definition) is 1. The molecule has 326 valence electrons. The highest BCUT2D eigenvalue weighted by Crippen LogP contribution is 2.37. The molecule has 0 unspecified atom stereocenters. The Bertz CT molecular complexity index is 2190. The molecule has 5 atom stereocenters. The van der Waals surface area contributed by atoms with Crippen molar-refractivity contribution in [2.45, 2.75) is 111 Å². The number of carbonyl (C=O) groups excluding carboxylic acids is 6. The fraction of sp³-hybridized carbons (Fsp3) is 0.457. The number of halogens is 1. The molecule has 1 N–H and O–H groups in total. The molecule has 0 aliphatic carbocycles. The number of carbonyl (C=O) groups is 6. The largest absolute Gasteiger partial charge is 0.508 e. The highest BCUT2D eigenvalue weighted by Gasteiger charge is 2.46. The lowest BCUT2D eigenvalue weighted by Gasteiger charge is -2.37. The zero-order valence-electron chi connectivity index (χ0n) is 35.1. The minimum atomic E-state index is -1.50. The smallest absolute Gasteiger partial charge is 0.457 e. The third kappa shape index (κ3) is 12.5. The zero-order valence-corrected chi connectivity index (χ0v) is 36.7. The molecule has 1 aromatic heterocycles. The number of hydrogen-bond acceptors (Lipinski definition) is 13. The van der Waals surface area contributed by atoms with Crippen LogP contribution in [0.15, 0.2) is 72.9 Å². The molecular formula is C46H53ClN2O11S. The maximum absolute atomic E-state index is 14.4. The van der Waals surface area contributed by atoms with Crippen molar-refractivity contribution in [1.29, 1.82) is 0 Å². The van der Waals surface area contributed by atoms with E-state index in [0.29, 0.717) is 18.4 Å². The minimum absolute atomic E-state index is 0.0497. The van der Waals surface area contributed by atoms with Crippen molar-refractivity contribution in [3.05, 3.63) is 94.0 Å². The Kier molecular flexibility index (Phi) is 16.2. The summed E-state index contributed by atoms with van der Waals surface area (Å²) in [6.07, 6.45) is 4.06. The van der Waals surface area contributed by atoms with Gasteiger partial charge in [-0.3, -0.25) is 28.9 Å². The zero-order chi connectivity index (χ0) is 44.4. The van der Waals surface area contributed by atoms with Gasteiger partial charge in [0.15, 0.2) is 0 Å². The molecule has 0 saturated carbocycles. The van der Waals surface area contributed by atoms with Gasteiger partial charge in [0.05, 0.1) is 38.2 Å². The van der Waals surface area contributed by atoms with Crippen molar-refractivity contribution in [3.8, 4) is 5.75 Å². The summed E-state index contributed by atoms with van der Waals surface area (Å²) in [5, 5.41) is 12.5. The van der Waals surface area contributed by atoms with E-state index in [1.54, 1.807) is 31.3 Å². The van der Waals surface area contributed by atoms with Crippen molar-refractivity contribution >= 4 is 68.8 Å². The van der Waals surface area contributed by atoms with E-state index in [4.69, 9.17) is 30.5 Å². The molecule has 0 saturated heterocycles. The average Bonchev–Trinajstić information content (AvgIpc) is 3.75. The van der Waals surface area contributed by atoms with E-state index < -0.39 is 71.8 Å². The Hall–Kier alpha value is -5.18. The number of aromatic nitrogens is 1. The third-order valence-electron chi connectivity index (χ3n) is 11.1. The third-order valence-corrected chi connectivity index (χ3v) is 12.3. The van der Waals surface area contributed by atoms with Gasteiger partial charge >= 0.3 is 18.1 Å². The number of amides is 2. The summed E-state index contributed by atoms with van der Waals surface area (Å²) in [6, 6.07) is 10.2. The van der Waals surface area contributed by atoms with Gasteiger partial charge in [-0.25, -0.2) is 9.78 Å². The number of esters is 2. The van der Waals surface area contributed by atoms with E-state index in [-0.39, 0.29) is 49.1 Å². The second kappa shape index (κ2) is 21.1. The first-order valence-corrected chi connectivity index (χ1v) is 21.6. The molecular weight excluding hydrogens is 824 g/mol. The van der Waals surface area contributed by atoms with Crippen LogP contribution < -0.4 is 4.74 Å². The summed E-state index contributed by atoms with van der Waals surface area (Å²) in [6.45, 7) is 12.5. The number of ketones is 1. The van der Waals surface area contributed by atoms with Crippen LogP contribution in [0.25, 0.3) is 10.2 Å². The Balaban J connectivity index is 1.31. The topological polar surface area (TPSA) is 176 Å². The van der Waals surface area contributed by atoms with Crippen molar-refractivity contribution in [1.82, 2.24) is 9.88 Å².